The Kier molecular flexibility index (Phi) is 9.09. The van der Waals surface area contributed by atoms with Crippen LogP contribution < -0.4 is 5.32 Å². The van der Waals surface area contributed by atoms with Crippen molar-refractivity contribution in [1.29, 1.82) is 5.26 Å². The van der Waals surface area contributed by atoms with E-state index in [2.05, 4.69) is 11.4 Å². The Balaban J connectivity index is 1.59. The van der Waals surface area contributed by atoms with Crippen molar-refractivity contribution in [3.05, 3.63) is 106 Å². The lowest BCUT2D eigenvalue weighted by Gasteiger charge is -2.38. The molecule has 6 rings (SSSR count). The number of aryl methyl sites for hydroxylation is 1. The van der Waals surface area contributed by atoms with Crippen molar-refractivity contribution in [3.63, 3.8) is 0 Å². The van der Waals surface area contributed by atoms with Gasteiger partial charge in [0.2, 0.25) is 11.8 Å². The van der Waals surface area contributed by atoms with Crippen LogP contribution in [0.5, 0.6) is 0 Å². The highest BCUT2D eigenvalue weighted by Gasteiger charge is 2.58. The van der Waals surface area contributed by atoms with Crippen LogP contribution >= 0.6 is 0 Å². The van der Waals surface area contributed by atoms with E-state index in [-0.39, 0.29) is 23.5 Å². The monoisotopic (exact) mass is 606 g/mol. The first-order valence-electron chi connectivity index (χ1n) is 16.1. The zero-order valence-electron chi connectivity index (χ0n) is 25.6. The molecule has 2 heterocycles. The average molecular weight is 607 g/mol. The van der Waals surface area contributed by atoms with Gasteiger partial charge in [-0.2, -0.15) is 5.26 Å². The van der Waals surface area contributed by atoms with Crippen LogP contribution in [0.4, 0.5) is 4.39 Å². The first-order chi connectivity index (χ1) is 21.9. The lowest BCUT2D eigenvalue weighted by Crippen LogP contribution is -2.55. The molecule has 7 nitrogen and oxygen atoms in total. The molecule has 45 heavy (non-hydrogen) atoms. The number of Topliss-reactive ketones (excluding diaryl/α,β-unsaturated/α-hetero) is 1. The Morgan fingerprint density at radius 3 is 2.18 bits per heavy atom. The van der Waals surface area contributed by atoms with Crippen molar-refractivity contribution in [3.8, 4) is 6.07 Å². The fourth-order valence-electron chi connectivity index (χ4n) is 7.59. The van der Waals surface area contributed by atoms with E-state index in [1.165, 1.54) is 12.1 Å². The van der Waals surface area contributed by atoms with Crippen LogP contribution in [0.25, 0.3) is 0 Å². The number of piperazine rings is 1. The zero-order chi connectivity index (χ0) is 31.5. The van der Waals surface area contributed by atoms with Gasteiger partial charge < -0.3 is 15.1 Å². The number of rotatable bonds is 6. The third-order valence-electron chi connectivity index (χ3n) is 9.80. The van der Waals surface area contributed by atoms with Crippen LogP contribution in [-0.4, -0.2) is 59.6 Å². The van der Waals surface area contributed by atoms with E-state index in [1.807, 2.05) is 25.1 Å². The normalized spacial score (nSPS) is 23.8. The summed E-state index contributed by atoms with van der Waals surface area (Å²) < 4.78 is 14.3. The molecule has 8 heteroatoms. The topological polar surface area (TPSA) is 93.5 Å². The molecule has 2 saturated heterocycles. The number of nitrogens with zero attached hydrogens (tertiary/aromatic N) is 3. The van der Waals surface area contributed by atoms with Gasteiger partial charge >= 0.3 is 0 Å². The van der Waals surface area contributed by atoms with Gasteiger partial charge in [-0.15, -0.1) is 0 Å². The second kappa shape index (κ2) is 13.3. The molecule has 1 saturated carbocycles. The summed E-state index contributed by atoms with van der Waals surface area (Å²) >= 11 is 0. The van der Waals surface area contributed by atoms with Crippen molar-refractivity contribution >= 4 is 17.6 Å². The van der Waals surface area contributed by atoms with Gasteiger partial charge in [-0.25, -0.2) is 4.39 Å². The number of likely N-dealkylation sites (tertiary alicyclic amines) is 1. The third-order valence-corrected chi connectivity index (χ3v) is 9.80. The quantitative estimate of drug-likeness (QED) is 0.372. The molecule has 3 aliphatic rings. The maximum absolute atomic E-state index is 14.8. The molecule has 4 unspecified atom stereocenters. The summed E-state index contributed by atoms with van der Waals surface area (Å²) in [5.74, 6) is -2.66. The van der Waals surface area contributed by atoms with Gasteiger partial charge in [0.1, 0.15) is 11.9 Å². The summed E-state index contributed by atoms with van der Waals surface area (Å²) in [6.45, 7) is 4.20. The molecular weight excluding hydrogens is 567 g/mol. The number of ketones is 1. The molecular formula is C37H39FN4O3. The van der Waals surface area contributed by atoms with E-state index in [1.54, 1.807) is 52.3 Å². The van der Waals surface area contributed by atoms with Crippen molar-refractivity contribution in [1.82, 2.24) is 15.1 Å². The van der Waals surface area contributed by atoms with E-state index in [0.29, 0.717) is 48.4 Å². The minimum Gasteiger partial charge on any atom is -0.338 e. The third kappa shape index (κ3) is 6.14. The van der Waals surface area contributed by atoms with Crippen molar-refractivity contribution < 1.29 is 18.8 Å². The fraction of sp³-hybridized carbons (Fsp3) is 0.405. The lowest BCUT2D eigenvalue weighted by atomic mass is 9.75. The van der Waals surface area contributed by atoms with Crippen LogP contribution in [0.3, 0.4) is 0 Å². The maximum atomic E-state index is 14.8. The van der Waals surface area contributed by atoms with E-state index >= 15 is 0 Å². The summed E-state index contributed by atoms with van der Waals surface area (Å²) in [6, 6.07) is 20.9. The Labute approximate surface area is 264 Å². The first kappa shape index (κ1) is 30.7. The second-order valence-electron chi connectivity index (χ2n) is 12.6. The van der Waals surface area contributed by atoms with Gasteiger partial charge in [0, 0.05) is 43.6 Å². The van der Waals surface area contributed by atoms with Gasteiger partial charge in [-0.05, 0) is 61.2 Å². The number of benzene rings is 3. The molecule has 3 aromatic rings. The second-order valence-corrected chi connectivity index (χ2v) is 12.6. The van der Waals surface area contributed by atoms with Crippen LogP contribution in [0.15, 0.2) is 72.8 Å². The number of carbonyl (C=O) groups is 3. The molecule has 1 N–H and O–H groups in total. The molecule has 3 aromatic carbocycles. The number of amides is 2. The predicted molar refractivity (Wildman–Crippen MR) is 169 cm³/mol. The van der Waals surface area contributed by atoms with Crippen LogP contribution in [-0.2, 0) is 9.59 Å². The van der Waals surface area contributed by atoms with E-state index < -0.39 is 29.7 Å². The fourth-order valence-corrected chi connectivity index (χ4v) is 7.59. The highest BCUT2D eigenvalue weighted by atomic mass is 19.1. The highest BCUT2D eigenvalue weighted by molar-refractivity contribution is 6.02. The predicted octanol–water partition coefficient (Wildman–Crippen LogP) is 5.55. The molecule has 4 atom stereocenters. The molecule has 3 fully saturated rings. The molecule has 2 amide bonds. The van der Waals surface area contributed by atoms with Gasteiger partial charge in [0.15, 0.2) is 5.78 Å². The van der Waals surface area contributed by atoms with Gasteiger partial charge in [0.05, 0.1) is 23.6 Å². The Morgan fingerprint density at radius 1 is 0.867 bits per heavy atom. The largest absolute Gasteiger partial charge is 0.338 e. The van der Waals surface area contributed by atoms with Gasteiger partial charge in [0.25, 0.3) is 0 Å². The Bertz CT molecular complexity index is 1590. The Hall–Kier alpha value is -4.35. The number of hydrogen-bond donors (Lipinski definition) is 1. The molecule has 232 valence electrons. The zero-order valence-corrected chi connectivity index (χ0v) is 25.6. The van der Waals surface area contributed by atoms with Crippen molar-refractivity contribution in [2.45, 2.75) is 57.0 Å². The number of nitrogens with one attached hydrogen (secondary N) is 1. The van der Waals surface area contributed by atoms with Crippen LogP contribution in [0, 0.1) is 35.9 Å². The van der Waals surface area contributed by atoms with Crippen LogP contribution in [0.1, 0.15) is 76.7 Å². The molecule has 0 radical (unpaired) electrons. The van der Waals surface area contributed by atoms with Crippen LogP contribution in [0.2, 0.25) is 0 Å². The Morgan fingerprint density at radius 2 is 1.53 bits per heavy atom. The molecule has 1 aliphatic carbocycles. The number of carbonyl (C=O) groups excluding carboxylic acids is 3. The average Bonchev–Trinajstić information content (AvgIpc) is 3.44. The standard InChI is InChI=1S/C37H39FN4O3/c1-24-6-5-9-29(22-24)35(43)32-31(26-14-16-30(38)17-15-26)34(37(45)41-20-18-40-19-21-41)42(36(44)28-7-3-2-4-8-28)33(32)27-12-10-25(23-39)11-13-27/h5-6,9-17,22,28,31-34,40H,2-4,7-8,18-21H2,1H3. The SMILES string of the molecule is Cc1cccc(C(=O)C2C(c3ccc(F)cc3)C(C(=O)N3CCNCC3)N(C(=O)C3CCCCC3)C2c2ccc(C#N)cc2)c1. The molecule has 2 aliphatic heterocycles. The summed E-state index contributed by atoms with van der Waals surface area (Å²) in [7, 11) is 0. The van der Waals surface area contributed by atoms with Gasteiger partial charge in [-0.3, -0.25) is 14.4 Å². The highest BCUT2D eigenvalue weighted by Crippen LogP contribution is 2.52. The summed E-state index contributed by atoms with van der Waals surface area (Å²) in [5.41, 5.74) is 3.24. The number of halogens is 1. The molecule has 0 spiro atoms. The minimum atomic E-state index is -0.956. The number of hydrogen-bond acceptors (Lipinski definition) is 5. The summed E-state index contributed by atoms with van der Waals surface area (Å²) in [6.07, 6.45) is 4.42. The summed E-state index contributed by atoms with van der Waals surface area (Å²) in [4.78, 5) is 48.0. The molecule has 0 aromatic heterocycles. The molecule has 0 bridgehead atoms. The number of nitriles is 1. The minimum absolute atomic E-state index is 0.107. The van der Waals surface area contributed by atoms with E-state index in [4.69, 9.17) is 0 Å². The summed E-state index contributed by atoms with van der Waals surface area (Å²) in [5, 5.41) is 12.8. The van der Waals surface area contributed by atoms with Crippen molar-refractivity contribution in [2.75, 3.05) is 26.2 Å². The maximum Gasteiger partial charge on any atom is 0.246 e. The van der Waals surface area contributed by atoms with E-state index in [9.17, 15) is 24.0 Å². The van der Waals surface area contributed by atoms with Gasteiger partial charge in [-0.1, -0.05) is 67.3 Å². The first-order valence-corrected chi connectivity index (χ1v) is 16.1. The van der Waals surface area contributed by atoms with E-state index in [0.717, 1.165) is 37.7 Å². The van der Waals surface area contributed by atoms with Crippen molar-refractivity contribution in [2.24, 2.45) is 11.8 Å². The lowest BCUT2D eigenvalue weighted by molar-refractivity contribution is -0.149. The smallest absolute Gasteiger partial charge is 0.246 e.